The molecule has 1 aliphatic heterocycles. The monoisotopic (exact) mass is 358 g/mol. The molecule has 0 amide bonds. The van der Waals surface area contributed by atoms with Crippen molar-refractivity contribution in [3.8, 4) is 11.5 Å². The molecule has 0 radical (unpaired) electrons. The third kappa shape index (κ3) is 2.20. The average Bonchev–Trinajstić information content (AvgIpc) is 2.76. The Balaban J connectivity index is 1.80. The van der Waals surface area contributed by atoms with E-state index in [1.54, 1.807) is 0 Å². The number of ether oxygens (including phenoxy) is 1. The zero-order chi connectivity index (χ0) is 18.5. The lowest BCUT2D eigenvalue weighted by atomic mass is 9.76. The Bertz CT molecular complexity index is 1070. The normalized spacial score (nSPS) is 13.7. The standard InChI is InChI=1S/C27H18O/c1-3-11-20-18(9-1)17-19-10-2-4-12-21(19)26(20)27-22-13-5-7-15-24(22)28-25-16-8-6-14-23(25)27/h1-16H,17H2. The van der Waals surface area contributed by atoms with Crippen LogP contribution in [0.3, 0.4) is 0 Å². The van der Waals surface area contributed by atoms with Gasteiger partial charge < -0.3 is 4.74 Å². The van der Waals surface area contributed by atoms with Crippen molar-refractivity contribution in [1.29, 1.82) is 0 Å². The van der Waals surface area contributed by atoms with Crippen molar-refractivity contribution in [3.63, 3.8) is 0 Å². The maximum atomic E-state index is 6.24. The molecule has 28 heavy (non-hydrogen) atoms. The number of rotatable bonds is 0. The van der Waals surface area contributed by atoms with Crippen molar-refractivity contribution in [3.05, 3.63) is 130 Å². The predicted molar refractivity (Wildman–Crippen MR) is 114 cm³/mol. The fourth-order valence-electron chi connectivity index (χ4n) is 4.51. The summed E-state index contributed by atoms with van der Waals surface area (Å²) in [5, 5.41) is 0. The summed E-state index contributed by atoms with van der Waals surface area (Å²) >= 11 is 0. The highest BCUT2D eigenvalue weighted by atomic mass is 16.5. The van der Waals surface area contributed by atoms with Gasteiger partial charge in [0.15, 0.2) is 0 Å². The largest absolute Gasteiger partial charge is 0.456 e. The van der Waals surface area contributed by atoms with Gasteiger partial charge in [0, 0.05) is 16.7 Å². The molecule has 2 aliphatic rings. The molecule has 6 rings (SSSR count). The van der Waals surface area contributed by atoms with E-state index in [4.69, 9.17) is 4.74 Å². The van der Waals surface area contributed by atoms with Gasteiger partial charge in [-0.25, -0.2) is 0 Å². The fraction of sp³-hybridized carbons (Fsp3) is 0.0370. The second-order valence-corrected chi connectivity index (χ2v) is 7.34. The molecule has 0 saturated carbocycles. The first-order valence-electron chi connectivity index (χ1n) is 9.67. The number of fused-ring (bicyclic) bond motifs is 4. The summed E-state index contributed by atoms with van der Waals surface area (Å²) < 4.78 is 6.24. The topological polar surface area (TPSA) is 9.23 Å². The van der Waals surface area contributed by atoms with Gasteiger partial charge in [-0.2, -0.15) is 0 Å². The van der Waals surface area contributed by atoms with E-state index in [1.807, 2.05) is 12.1 Å². The molecular weight excluding hydrogens is 340 g/mol. The Labute approximate surface area is 164 Å². The van der Waals surface area contributed by atoms with Crippen LogP contribution in [0.25, 0.3) is 11.1 Å². The van der Waals surface area contributed by atoms with E-state index in [0.29, 0.717) is 0 Å². The van der Waals surface area contributed by atoms with Gasteiger partial charge in [0.05, 0.1) is 0 Å². The van der Waals surface area contributed by atoms with Crippen LogP contribution >= 0.6 is 0 Å². The van der Waals surface area contributed by atoms with E-state index in [1.165, 1.54) is 33.4 Å². The van der Waals surface area contributed by atoms with Crippen LogP contribution in [0.4, 0.5) is 0 Å². The molecule has 132 valence electrons. The van der Waals surface area contributed by atoms with Crippen LogP contribution in [0, 0.1) is 0 Å². The van der Waals surface area contributed by atoms with Gasteiger partial charge in [0.25, 0.3) is 0 Å². The third-order valence-electron chi connectivity index (χ3n) is 5.74. The van der Waals surface area contributed by atoms with E-state index in [-0.39, 0.29) is 0 Å². The number of para-hydroxylation sites is 2. The minimum absolute atomic E-state index is 0.921. The molecule has 0 fully saturated rings. The number of hydrogen-bond acceptors (Lipinski definition) is 1. The van der Waals surface area contributed by atoms with Crippen LogP contribution in [0.15, 0.2) is 97.1 Å². The maximum absolute atomic E-state index is 6.24. The van der Waals surface area contributed by atoms with Gasteiger partial charge in [-0.1, -0.05) is 84.9 Å². The molecule has 0 atom stereocenters. The Morgan fingerprint density at radius 2 is 0.821 bits per heavy atom. The van der Waals surface area contributed by atoms with Crippen molar-refractivity contribution >= 4 is 11.1 Å². The Morgan fingerprint density at radius 3 is 1.36 bits per heavy atom. The Kier molecular flexibility index (Phi) is 3.30. The summed E-state index contributed by atoms with van der Waals surface area (Å²) in [5.74, 6) is 1.84. The van der Waals surface area contributed by atoms with Gasteiger partial charge >= 0.3 is 0 Å². The summed E-state index contributed by atoms with van der Waals surface area (Å²) in [7, 11) is 0. The van der Waals surface area contributed by atoms with Crippen LogP contribution < -0.4 is 4.74 Å². The molecule has 1 aliphatic carbocycles. The maximum Gasteiger partial charge on any atom is 0.135 e. The minimum atomic E-state index is 0.921. The highest BCUT2D eigenvalue weighted by Gasteiger charge is 2.29. The van der Waals surface area contributed by atoms with E-state index in [2.05, 4.69) is 84.9 Å². The molecular formula is C27H18O. The number of benzene rings is 4. The average molecular weight is 358 g/mol. The lowest BCUT2D eigenvalue weighted by Crippen LogP contribution is -2.11. The van der Waals surface area contributed by atoms with Crippen molar-refractivity contribution in [1.82, 2.24) is 0 Å². The van der Waals surface area contributed by atoms with Gasteiger partial charge in [0.2, 0.25) is 0 Å². The summed E-state index contributed by atoms with van der Waals surface area (Å²) in [6, 6.07) is 34.3. The molecule has 4 aromatic carbocycles. The molecule has 0 saturated heterocycles. The highest BCUT2D eigenvalue weighted by Crippen LogP contribution is 2.50. The molecule has 1 heterocycles. The smallest absolute Gasteiger partial charge is 0.135 e. The van der Waals surface area contributed by atoms with Crippen molar-refractivity contribution in [2.75, 3.05) is 0 Å². The van der Waals surface area contributed by atoms with Crippen molar-refractivity contribution in [2.45, 2.75) is 6.42 Å². The zero-order valence-corrected chi connectivity index (χ0v) is 15.4. The molecule has 0 spiro atoms. The lowest BCUT2D eigenvalue weighted by Gasteiger charge is -2.30. The van der Waals surface area contributed by atoms with Crippen molar-refractivity contribution < 1.29 is 4.74 Å². The Morgan fingerprint density at radius 1 is 0.429 bits per heavy atom. The first kappa shape index (κ1) is 15.5. The number of hydrogen-bond donors (Lipinski definition) is 0. The van der Waals surface area contributed by atoms with Crippen LogP contribution in [0.5, 0.6) is 11.5 Å². The third-order valence-corrected chi connectivity index (χ3v) is 5.74. The second kappa shape index (κ2) is 5.97. The molecule has 1 nitrogen and oxygen atoms in total. The summed E-state index contributed by atoms with van der Waals surface area (Å²) in [5.41, 5.74) is 10.3. The van der Waals surface area contributed by atoms with E-state index >= 15 is 0 Å². The molecule has 4 aromatic rings. The van der Waals surface area contributed by atoms with Crippen LogP contribution in [-0.2, 0) is 6.42 Å². The first-order chi connectivity index (χ1) is 13.9. The summed E-state index contributed by atoms with van der Waals surface area (Å²) in [6.07, 6.45) is 0.975. The van der Waals surface area contributed by atoms with Gasteiger partial charge in [0.1, 0.15) is 11.5 Å². The molecule has 1 heteroatoms. The van der Waals surface area contributed by atoms with Crippen molar-refractivity contribution in [2.24, 2.45) is 0 Å². The van der Waals surface area contributed by atoms with Crippen LogP contribution in [-0.4, -0.2) is 0 Å². The SMILES string of the molecule is c1ccc2c(c1)Cc1ccccc1C2=C1c2ccccc2Oc2ccccc21. The van der Waals surface area contributed by atoms with E-state index in [9.17, 15) is 0 Å². The van der Waals surface area contributed by atoms with Crippen LogP contribution in [0.1, 0.15) is 33.4 Å². The molecule has 0 unspecified atom stereocenters. The molecule has 0 bridgehead atoms. The summed E-state index contributed by atoms with van der Waals surface area (Å²) in [6.45, 7) is 0. The Hall–Kier alpha value is -3.58. The summed E-state index contributed by atoms with van der Waals surface area (Å²) in [4.78, 5) is 0. The second-order valence-electron chi connectivity index (χ2n) is 7.34. The van der Waals surface area contributed by atoms with Gasteiger partial charge in [-0.15, -0.1) is 0 Å². The quantitative estimate of drug-likeness (QED) is 0.293. The minimum Gasteiger partial charge on any atom is -0.456 e. The predicted octanol–water partition coefficient (Wildman–Crippen LogP) is 6.70. The van der Waals surface area contributed by atoms with E-state index < -0.39 is 0 Å². The van der Waals surface area contributed by atoms with Crippen LogP contribution in [0.2, 0.25) is 0 Å². The lowest BCUT2D eigenvalue weighted by molar-refractivity contribution is 0.474. The van der Waals surface area contributed by atoms with Gasteiger partial charge in [-0.3, -0.25) is 0 Å². The van der Waals surface area contributed by atoms with E-state index in [0.717, 1.165) is 29.0 Å². The zero-order valence-electron chi connectivity index (χ0n) is 15.4. The molecule has 0 aromatic heterocycles. The fourth-order valence-corrected chi connectivity index (χ4v) is 4.51. The van der Waals surface area contributed by atoms with Gasteiger partial charge in [-0.05, 0) is 46.4 Å². The highest BCUT2D eigenvalue weighted by molar-refractivity contribution is 6.09. The first-order valence-corrected chi connectivity index (χ1v) is 9.67. The molecule has 0 N–H and O–H groups in total.